The van der Waals surface area contributed by atoms with E-state index in [1.54, 1.807) is 10.2 Å². The number of benzene rings is 1. The monoisotopic (exact) mass is 301 g/mol. The lowest BCUT2D eigenvalue weighted by atomic mass is 10.3. The van der Waals surface area contributed by atoms with E-state index in [9.17, 15) is 28.1 Å². The number of rotatable bonds is 3. The molecule has 0 saturated heterocycles. The molecule has 21 heavy (non-hydrogen) atoms. The predicted octanol–water partition coefficient (Wildman–Crippen LogP) is 3.05. The normalized spacial score (nSPS) is 12.0. The standard InChI is InChI=1S/C10H6F3N5O3/c11-10(12,13)8-7(9(19)17-16-8)15-14-5-3-1-2-4-6(5)18(20)21/h1-4H,(H2,16,17,19). The van der Waals surface area contributed by atoms with E-state index in [0.29, 0.717) is 0 Å². The van der Waals surface area contributed by atoms with Gasteiger partial charge in [-0.1, -0.05) is 12.1 Å². The zero-order valence-electron chi connectivity index (χ0n) is 10.0. The number of hydrogen-bond donors (Lipinski definition) is 2. The lowest BCUT2D eigenvalue weighted by Crippen LogP contribution is -2.06. The molecule has 0 radical (unpaired) electrons. The zero-order chi connectivity index (χ0) is 15.6. The van der Waals surface area contributed by atoms with Crippen LogP contribution in [-0.2, 0) is 6.18 Å². The van der Waals surface area contributed by atoms with Gasteiger partial charge in [0.15, 0.2) is 17.1 Å². The molecule has 0 unspecified atom stereocenters. The molecule has 1 heterocycles. The summed E-state index contributed by atoms with van der Waals surface area (Å²) < 4.78 is 37.8. The number of aromatic amines is 2. The molecule has 0 bridgehead atoms. The molecular formula is C10H6F3N5O3. The molecule has 0 fully saturated rings. The number of nitro groups is 1. The summed E-state index contributed by atoms with van der Waals surface area (Å²) in [6.45, 7) is 0. The van der Waals surface area contributed by atoms with Gasteiger partial charge in [0.2, 0.25) is 0 Å². The smallest absolute Gasteiger partial charge is 0.292 e. The second kappa shape index (κ2) is 5.19. The van der Waals surface area contributed by atoms with Crippen molar-refractivity contribution < 1.29 is 18.1 Å². The van der Waals surface area contributed by atoms with E-state index in [0.717, 1.165) is 6.07 Å². The minimum Gasteiger partial charge on any atom is -0.292 e. The van der Waals surface area contributed by atoms with Gasteiger partial charge in [0.1, 0.15) is 0 Å². The highest BCUT2D eigenvalue weighted by Crippen LogP contribution is 2.34. The summed E-state index contributed by atoms with van der Waals surface area (Å²) in [6, 6.07) is 5.06. The van der Waals surface area contributed by atoms with Gasteiger partial charge in [-0.15, -0.1) is 10.2 Å². The van der Waals surface area contributed by atoms with Crippen LogP contribution in [-0.4, -0.2) is 15.1 Å². The molecule has 0 saturated carbocycles. The van der Waals surface area contributed by atoms with Crippen LogP contribution in [0.2, 0.25) is 0 Å². The maximum atomic E-state index is 12.6. The van der Waals surface area contributed by atoms with E-state index in [-0.39, 0.29) is 5.69 Å². The fraction of sp³-hybridized carbons (Fsp3) is 0.100. The van der Waals surface area contributed by atoms with Crippen LogP contribution < -0.4 is 5.56 Å². The van der Waals surface area contributed by atoms with Crippen LogP contribution in [0, 0.1) is 10.1 Å². The van der Waals surface area contributed by atoms with E-state index in [1.165, 1.54) is 18.2 Å². The Kier molecular flexibility index (Phi) is 3.56. The molecule has 2 N–H and O–H groups in total. The molecule has 2 rings (SSSR count). The van der Waals surface area contributed by atoms with Crippen molar-refractivity contribution in [3.63, 3.8) is 0 Å². The van der Waals surface area contributed by atoms with Crippen LogP contribution in [0.4, 0.5) is 30.2 Å². The average molecular weight is 301 g/mol. The second-order valence-corrected chi connectivity index (χ2v) is 3.75. The van der Waals surface area contributed by atoms with E-state index < -0.39 is 33.7 Å². The van der Waals surface area contributed by atoms with Crippen molar-refractivity contribution >= 4 is 17.1 Å². The lowest BCUT2D eigenvalue weighted by molar-refractivity contribution is -0.384. The van der Waals surface area contributed by atoms with Crippen molar-refractivity contribution in [1.29, 1.82) is 0 Å². The number of alkyl halides is 3. The topological polar surface area (TPSA) is 117 Å². The highest BCUT2D eigenvalue weighted by molar-refractivity contribution is 5.56. The number of nitrogens with one attached hydrogen (secondary N) is 2. The Balaban J connectivity index is 2.47. The Hall–Kier alpha value is -2.98. The van der Waals surface area contributed by atoms with Crippen LogP contribution in [0.3, 0.4) is 0 Å². The first-order valence-corrected chi connectivity index (χ1v) is 5.33. The molecule has 0 aliphatic rings. The van der Waals surface area contributed by atoms with Gasteiger partial charge in [0.05, 0.1) is 4.92 Å². The van der Waals surface area contributed by atoms with Crippen LogP contribution >= 0.6 is 0 Å². The van der Waals surface area contributed by atoms with Crippen molar-refractivity contribution in [2.45, 2.75) is 6.18 Å². The molecule has 0 amide bonds. The first kappa shape index (κ1) is 14.4. The number of hydrogen-bond acceptors (Lipinski definition) is 5. The van der Waals surface area contributed by atoms with Gasteiger partial charge in [0, 0.05) is 6.07 Å². The molecule has 11 heteroatoms. The Morgan fingerprint density at radius 1 is 1.14 bits per heavy atom. The van der Waals surface area contributed by atoms with E-state index in [2.05, 4.69) is 10.2 Å². The number of azo groups is 1. The van der Waals surface area contributed by atoms with Crippen LogP contribution in [0.15, 0.2) is 39.3 Å². The molecular weight excluding hydrogens is 295 g/mol. The van der Waals surface area contributed by atoms with Crippen LogP contribution in [0.25, 0.3) is 0 Å². The van der Waals surface area contributed by atoms with Gasteiger partial charge in [-0.2, -0.15) is 13.2 Å². The number of para-hydroxylation sites is 1. The summed E-state index contributed by atoms with van der Waals surface area (Å²) in [7, 11) is 0. The minimum atomic E-state index is -4.84. The molecule has 2 aromatic rings. The van der Waals surface area contributed by atoms with Gasteiger partial charge < -0.3 is 0 Å². The van der Waals surface area contributed by atoms with Crippen LogP contribution in [0.5, 0.6) is 0 Å². The van der Waals surface area contributed by atoms with Gasteiger partial charge in [-0.3, -0.25) is 25.1 Å². The third kappa shape index (κ3) is 2.96. The maximum absolute atomic E-state index is 12.6. The van der Waals surface area contributed by atoms with Gasteiger partial charge in [0.25, 0.3) is 11.2 Å². The number of nitro benzene ring substituents is 1. The van der Waals surface area contributed by atoms with Crippen LogP contribution in [0.1, 0.15) is 5.69 Å². The molecule has 110 valence electrons. The first-order chi connectivity index (χ1) is 9.80. The fourth-order valence-corrected chi connectivity index (χ4v) is 1.46. The molecule has 8 nitrogen and oxygen atoms in total. The third-order valence-corrected chi connectivity index (χ3v) is 2.37. The molecule has 1 aromatic heterocycles. The first-order valence-electron chi connectivity index (χ1n) is 5.33. The number of nitrogens with zero attached hydrogens (tertiary/aromatic N) is 3. The Morgan fingerprint density at radius 3 is 2.43 bits per heavy atom. The third-order valence-electron chi connectivity index (χ3n) is 2.37. The Labute approximate surface area is 113 Å². The molecule has 0 atom stereocenters. The minimum absolute atomic E-state index is 0.267. The number of halogens is 3. The quantitative estimate of drug-likeness (QED) is 0.515. The van der Waals surface area contributed by atoms with Gasteiger partial charge >= 0.3 is 6.18 Å². The Morgan fingerprint density at radius 2 is 1.81 bits per heavy atom. The van der Waals surface area contributed by atoms with Crippen molar-refractivity contribution in [3.05, 3.63) is 50.4 Å². The maximum Gasteiger partial charge on any atom is 0.435 e. The predicted molar refractivity (Wildman–Crippen MR) is 63.7 cm³/mol. The largest absolute Gasteiger partial charge is 0.435 e. The van der Waals surface area contributed by atoms with Gasteiger partial charge in [-0.05, 0) is 6.07 Å². The zero-order valence-corrected chi connectivity index (χ0v) is 10.0. The van der Waals surface area contributed by atoms with E-state index in [1.807, 2.05) is 0 Å². The highest BCUT2D eigenvalue weighted by Gasteiger charge is 2.37. The fourth-order valence-electron chi connectivity index (χ4n) is 1.46. The molecule has 0 aliphatic carbocycles. The van der Waals surface area contributed by atoms with Crippen molar-refractivity contribution in [1.82, 2.24) is 10.2 Å². The summed E-state index contributed by atoms with van der Waals surface area (Å²) in [5.41, 5.74) is -4.25. The highest BCUT2D eigenvalue weighted by atomic mass is 19.4. The Bertz CT molecular complexity index is 762. The second-order valence-electron chi connectivity index (χ2n) is 3.75. The summed E-state index contributed by atoms with van der Waals surface area (Å²) in [4.78, 5) is 21.2. The van der Waals surface area contributed by atoms with Crippen molar-refractivity contribution in [2.75, 3.05) is 0 Å². The van der Waals surface area contributed by atoms with E-state index in [4.69, 9.17) is 0 Å². The summed E-state index contributed by atoms with van der Waals surface area (Å²) >= 11 is 0. The molecule has 0 spiro atoms. The summed E-state index contributed by atoms with van der Waals surface area (Å²) in [5, 5.41) is 20.6. The van der Waals surface area contributed by atoms with Gasteiger partial charge in [-0.25, -0.2) is 0 Å². The summed E-state index contributed by atoms with van der Waals surface area (Å²) in [6.07, 6.45) is -4.84. The lowest BCUT2D eigenvalue weighted by Gasteiger charge is -2.02. The number of aromatic nitrogens is 2. The average Bonchev–Trinajstić information content (AvgIpc) is 2.77. The number of H-pyrrole nitrogens is 2. The summed E-state index contributed by atoms with van der Waals surface area (Å²) in [5.74, 6) is 0. The molecule has 1 aromatic carbocycles. The van der Waals surface area contributed by atoms with Crippen molar-refractivity contribution in [3.8, 4) is 0 Å². The van der Waals surface area contributed by atoms with Crippen molar-refractivity contribution in [2.24, 2.45) is 10.2 Å². The van der Waals surface area contributed by atoms with E-state index >= 15 is 0 Å². The SMILES string of the molecule is O=c1[nH][nH]c(C(F)(F)F)c1N=Nc1ccccc1[N+](=O)[O-]. The molecule has 0 aliphatic heterocycles.